The second kappa shape index (κ2) is 23.9. The number of aliphatic hydroxyl groups excluding tert-OH is 2. The normalized spacial score (nSPS) is 12.5. The first kappa shape index (κ1) is 53.3. The van der Waals surface area contributed by atoms with Gasteiger partial charge < -0.3 is 51.9 Å². The fraction of sp³-hybridized carbons (Fsp3) is 0.524. The number of rotatable bonds is 28. The molecular weight excluding hydrogens is 893 g/mol. The van der Waals surface area contributed by atoms with Gasteiger partial charge in [0.2, 0.25) is 35.7 Å². The molecule has 10 N–H and O–H groups in total. The summed E-state index contributed by atoms with van der Waals surface area (Å²) >= 11 is 0. The molecule has 0 aliphatic carbocycles. The quantitative estimate of drug-likeness (QED) is 0.0206. The van der Waals surface area contributed by atoms with Crippen molar-refractivity contribution in [1.29, 1.82) is 0 Å². The molecule has 0 saturated carbocycles. The van der Waals surface area contributed by atoms with Crippen molar-refractivity contribution >= 4 is 79.5 Å². The van der Waals surface area contributed by atoms with Gasteiger partial charge in [-0.25, -0.2) is 0 Å². The summed E-state index contributed by atoms with van der Waals surface area (Å²) in [5.41, 5.74) is -1.27. The van der Waals surface area contributed by atoms with E-state index in [2.05, 4.69) is 99.3 Å². The van der Waals surface area contributed by atoms with Crippen LogP contribution in [0.3, 0.4) is 0 Å². The molecule has 0 aliphatic heterocycles. The smallest absolute Gasteiger partial charge is 0.295 e. The van der Waals surface area contributed by atoms with Gasteiger partial charge in [-0.2, -0.15) is 46.7 Å². The van der Waals surface area contributed by atoms with Crippen LogP contribution in [-0.4, -0.2) is 153 Å². The first-order valence-electron chi connectivity index (χ1n) is 21.8. The second-order valence-electron chi connectivity index (χ2n) is 16.6. The van der Waals surface area contributed by atoms with Crippen LogP contribution in [0.1, 0.15) is 79.4 Å². The van der Waals surface area contributed by atoms with E-state index in [4.69, 9.17) is 0 Å². The van der Waals surface area contributed by atoms with Crippen molar-refractivity contribution in [3.05, 3.63) is 47.5 Å². The third-order valence-electron chi connectivity index (χ3n) is 10.2. The standard InChI is InChI=1S/C42H66N14O8S2/c1-9-55(10-2)23-13-21-43-35-47-37(51-39(49-35)53-41(5,6)27-57)45-31-19-17-29(33(25-31)65(59,60)61)15-16-30-18-20-32(26-34(30)66(62,63)64)46-38-48-36(44-22-14-24-56(11-3)12-4)50-40(52-38)54-42(7,8)28-58/h15-20,25-26,57-58H,9-14,21-24,27-28H2,1-8H3,(H,59,60,61)(H,62,63,64)(H3,43,45,47,49,51,53)(H3,44,46,48,50,52,54)/b16-15+. The monoisotopic (exact) mass is 958 g/mol. The molecule has 0 aliphatic rings. The zero-order valence-electron chi connectivity index (χ0n) is 38.9. The molecule has 0 bridgehead atoms. The second-order valence-corrected chi connectivity index (χ2v) is 19.4. The lowest BCUT2D eigenvalue weighted by Gasteiger charge is -2.24. The van der Waals surface area contributed by atoms with Crippen LogP contribution in [-0.2, 0) is 20.2 Å². The van der Waals surface area contributed by atoms with Gasteiger partial charge in [0.15, 0.2) is 0 Å². The molecule has 2 aromatic carbocycles. The maximum atomic E-state index is 12.7. The number of aliphatic hydroxyl groups is 2. The summed E-state index contributed by atoms with van der Waals surface area (Å²) in [6.45, 7) is 21.5. The Balaban J connectivity index is 1.63. The number of hydrogen-bond donors (Lipinski definition) is 10. The zero-order chi connectivity index (χ0) is 48.7. The van der Waals surface area contributed by atoms with E-state index in [1.54, 1.807) is 27.7 Å². The van der Waals surface area contributed by atoms with E-state index in [0.29, 0.717) is 13.1 Å². The van der Waals surface area contributed by atoms with Crippen molar-refractivity contribution in [3.8, 4) is 0 Å². The minimum Gasteiger partial charge on any atom is -0.394 e. The summed E-state index contributed by atoms with van der Waals surface area (Å²) in [6.07, 6.45) is 4.16. The lowest BCUT2D eigenvalue weighted by molar-refractivity contribution is 0.233. The van der Waals surface area contributed by atoms with Gasteiger partial charge in [0.05, 0.1) is 24.3 Å². The lowest BCUT2D eigenvalue weighted by atomic mass is 10.1. The molecule has 2 aromatic heterocycles. The first-order valence-corrected chi connectivity index (χ1v) is 24.7. The molecule has 0 radical (unpaired) electrons. The number of aromatic nitrogens is 6. The van der Waals surface area contributed by atoms with Crippen LogP contribution in [0.15, 0.2) is 46.2 Å². The van der Waals surface area contributed by atoms with Crippen molar-refractivity contribution in [1.82, 2.24) is 39.7 Å². The predicted octanol–water partition coefficient (Wildman–Crippen LogP) is 4.86. The molecule has 0 fully saturated rings. The zero-order valence-corrected chi connectivity index (χ0v) is 40.6. The molecule has 0 spiro atoms. The van der Waals surface area contributed by atoms with Crippen LogP contribution in [0, 0.1) is 0 Å². The Hall–Kier alpha value is -5.34. The highest BCUT2D eigenvalue weighted by atomic mass is 32.2. The van der Waals surface area contributed by atoms with Crippen molar-refractivity contribution in [2.45, 2.75) is 89.1 Å². The number of nitrogens with one attached hydrogen (secondary N) is 6. The molecule has 2 heterocycles. The summed E-state index contributed by atoms with van der Waals surface area (Å²) < 4.78 is 71.6. The average molecular weight is 959 g/mol. The summed E-state index contributed by atoms with van der Waals surface area (Å²) in [4.78, 5) is 30.1. The topological polar surface area (TPSA) is 305 Å². The molecule has 0 unspecified atom stereocenters. The van der Waals surface area contributed by atoms with Crippen LogP contribution < -0.4 is 31.9 Å². The Bertz CT molecular complexity index is 2300. The van der Waals surface area contributed by atoms with E-state index < -0.39 is 41.1 Å². The van der Waals surface area contributed by atoms with Gasteiger partial charge in [0.25, 0.3) is 20.2 Å². The predicted molar refractivity (Wildman–Crippen MR) is 259 cm³/mol. The van der Waals surface area contributed by atoms with Crippen LogP contribution in [0.2, 0.25) is 0 Å². The van der Waals surface area contributed by atoms with Crippen LogP contribution in [0.4, 0.5) is 47.1 Å². The number of benzene rings is 2. The molecule has 0 atom stereocenters. The summed E-state index contributed by atoms with van der Waals surface area (Å²) in [6, 6.07) is 8.09. The van der Waals surface area contributed by atoms with Gasteiger partial charge in [-0.3, -0.25) is 9.11 Å². The first-order chi connectivity index (χ1) is 31.1. The minimum absolute atomic E-state index is 0.0158. The average Bonchev–Trinajstić information content (AvgIpc) is 3.25. The Labute approximate surface area is 388 Å². The molecule has 4 aromatic rings. The van der Waals surface area contributed by atoms with Gasteiger partial charge in [0, 0.05) is 24.5 Å². The van der Waals surface area contributed by atoms with E-state index in [1.807, 2.05) is 0 Å². The molecule has 364 valence electrons. The summed E-state index contributed by atoms with van der Waals surface area (Å²) in [7, 11) is -9.72. The molecule has 66 heavy (non-hydrogen) atoms. The van der Waals surface area contributed by atoms with Crippen molar-refractivity contribution in [2.24, 2.45) is 0 Å². The van der Waals surface area contributed by atoms with E-state index in [9.17, 15) is 36.2 Å². The highest BCUT2D eigenvalue weighted by Crippen LogP contribution is 2.29. The molecule has 0 amide bonds. The molecular formula is C42H66N14O8S2. The SMILES string of the molecule is CCN(CC)CCCNc1nc(Nc2ccc(/C=C/c3ccc(Nc4nc(NCCCN(CC)CC)nc(NC(C)(C)CO)n4)cc3S(=O)(=O)O)c(S(=O)(=O)O)c2)nc(NC(C)(C)CO)n1. The molecule has 22 nitrogen and oxygen atoms in total. The highest BCUT2D eigenvalue weighted by Gasteiger charge is 2.22. The van der Waals surface area contributed by atoms with E-state index in [0.717, 1.165) is 64.2 Å². The Kier molecular flexibility index (Phi) is 19.3. The van der Waals surface area contributed by atoms with Crippen LogP contribution in [0.25, 0.3) is 12.2 Å². The number of hydrogen-bond acceptors (Lipinski definition) is 20. The third kappa shape index (κ3) is 16.8. The van der Waals surface area contributed by atoms with E-state index >= 15 is 0 Å². The number of nitrogens with zero attached hydrogens (tertiary/aromatic N) is 8. The Morgan fingerprint density at radius 2 is 0.879 bits per heavy atom. The van der Waals surface area contributed by atoms with Crippen LogP contribution >= 0.6 is 0 Å². The van der Waals surface area contributed by atoms with E-state index in [1.165, 1.54) is 36.4 Å². The van der Waals surface area contributed by atoms with Gasteiger partial charge in [0.1, 0.15) is 9.79 Å². The number of anilines is 8. The van der Waals surface area contributed by atoms with Gasteiger partial charge >= 0.3 is 0 Å². The third-order valence-corrected chi connectivity index (χ3v) is 12.0. The molecule has 4 rings (SSSR count). The van der Waals surface area contributed by atoms with Crippen LogP contribution in [0.5, 0.6) is 0 Å². The molecule has 24 heteroatoms. The fourth-order valence-corrected chi connectivity index (χ4v) is 7.71. The minimum atomic E-state index is -4.86. The van der Waals surface area contributed by atoms with Crippen molar-refractivity contribution < 1.29 is 36.2 Å². The maximum Gasteiger partial charge on any atom is 0.295 e. The maximum absolute atomic E-state index is 12.7. The lowest BCUT2D eigenvalue weighted by Crippen LogP contribution is -2.36. The summed E-state index contributed by atoms with van der Waals surface area (Å²) in [5, 5.41) is 38.1. The van der Waals surface area contributed by atoms with Gasteiger partial charge in [-0.05, 0) is 115 Å². The Morgan fingerprint density at radius 3 is 1.20 bits per heavy atom. The summed E-state index contributed by atoms with van der Waals surface area (Å²) in [5.74, 6) is 0.785. The molecule has 0 saturated heterocycles. The largest absolute Gasteiger partial charge is 0.394 e. The Morgan fingerprint density at radius 1 is 0.545 bits per heavy atom. The van der Waals surface area contributed by atoms with E-state index in [-0.39, 0.29) is 71.4 Å². The van der Waals surface area contributed by atoms with Crippen molar-refractivity contribution in [2.75, 3.05) is 97.5 Å². The van der Waals surface area contributed by atoms with Gasteiger partial charge in [-0.15, -0.1) is 0 Å². The fourth-order valence-electron chi connectivity index (χ4n) is 6.29. The van der Waals surface area contributed by atoms with Crippen molar-refractivity contribution in [3.63, 3.8) is 0 Å². The highest BCUT2D eigenvalue weighted by molar-refractivity contribution is 7.86. The van der Waals surface area contributed by atoms with Gasteiger partial charge in [-0.1, -0.05) is 52.0 Å².